The smallest absolute Gasteiger partial charge is 0.240 e. The number of rotatable bonds is 3. The fourth-order valence-electron chi connectivity index (χ4n) is 3.77. The molecule has 0 saturated carbocycles. The molecule has 0 bridgehead atoms. The number of alkyl halides is 2. The summed E-state index contributed by atoms with van der Waals surface area (Å²) in [5, 5.41) is 10.1. The zero-order valence-electron chi connectivity index (χ0n) is 14.7. The van der Waals surface area contributed by atoms with E-state index in [4.69, 9.17) is 10.5 Å². The largest absolute Gasteiger partial charge is 0.384 e. The van der Waals surface area contributed by atoms with Gasteiger partial charge in [-0.05, 0) is 19.8 Å². The van der Waals surface area contributed by atoms with Crippen LogP contribution in [0.4, 0.5) is 20.5 Å². The molecule has 0 amide bonds. The van der Waals surface area contributed by atoms with Crippen molar-refractivity contribution < 1.29 is 18.6 Å². The van der Waals surface area contributed by atoms with Crippen LogP contribution in [0.1, 0.15) is 39.3 Å². The minimum absolute atomic E-state index is 0.0160. The zero-order chi connectivity index (χ0) is 18.7. The zero-order valence-corrected chi connectivity index (χ0v) is 14.7. The number of nitrogen functional groups attached to an aromatic ring is 1. The van der Waals surface area contributed by atoms with Gasteiger partial charge in [0.25, 0.3) is 0 Å². The summed E-state index contributed by atoms with van der Waals surface area (Å²) < 4.78 is 36.5. The number of aromatic nitrogens is 4. The second kappa shape index (κ2) is 5.71. The van der Waals surface area contributed by atoms with Crippen molar-refractivity contribution in [1.29, 1.82) is 0 Å². The highest BCUT2D eigenvalue weighted by Gasteiger charge is 2.63. The third kappa shape index (κ3) is 2.35. The summed E-state index contributed by atoms with van der Waals surface area (Å²) in [6.45, 7) is 4.24. The molecule has 142 valence electrons. The highest BCUT2D eigenvalue weighted by molar-refractivity contribution is 5.85. The predicted molar refractivity (Wildman–Crippen MR) is 91.0 cm³/mol. The first-order chi connectivity index (χ1) is 12.3. The van der Waals surface area contributed by atoms with E-state index in [1.54, 1.807) is 0 Å². The SMILES string of the molecule is CC[C@@]1(F)O[C@@H](n2cnc3c(N4CCCC4)nc(N)nc32)[C@](C)(F)[C@@H]1O. The van der Waals surface area contributed by atoms with Gasteiger partial charge in [-0.2, -0.15) is 9.97 Å². The maximum Gasteiger partial charge on any atom is 0.240 e. The predicted octanol–water partition coefficient (Wildman–Crippen LogP) is 1.70. The van der Waals surface area contributed by atoms with Crippen LogP contribution in [-0.2, 0) is 4.74 Å². The molecule has 2 aliphatic rings. The first kappa shape index (κ1) is 17.3. The van der Waals surface area contributed by atoms with Gasteiger partial charge in [-0.15, -0.1) is 0 Å². The van der Waals surface area contributed by atoms with E-state index in [2.05, 4.69) is 15.0 Å². The molecule has 2 aromatic rings. The van der Waals surface area contributed by atoms with Crippen molar-refractivity contribution in [2.75, 3.05) is 23.7 Å². The van der Waals surface area contributed by atoms with Crippen LogP contribution in [0.15, 0.2) is 6.33 Å². The first-order valence-electron chi connectivity index (χ1n) is 8.76. The Hall–Kier alpha value is -2.07. The Kier molecular flexibility index (Phi) is 3.81. The molecule has 2 saturated heterocycles. The van der Waals surface area contributed by atoms with Gasteiger partial charge in [0.1, 0.15) is 0 Å². The Morgan fingerprint density at radius 2 is 2.04 bits per heavy atom. The van der Waals surface area contributed by atoms with E-state index >= 15 is 4.39 Å². The summed E-state index contributed by atoms with van der Waals surface area (Å²) in [5.74, 6) is -1.90. The number of imidazole rings is 1. The molecule has 0 spiro atoms. The van der Waals surface area contributed by atoms with E-state index < -0.39 is 23.9 Å². The highest BCUT2D eigenvalue weighted by atomic mass is 19.2. The standard InChI is InChI=1S/C16H22F2N6O2/c1-3-16(18)12(25)15(2,17)13(26-16)24-8-20-9-10(23-6-4-5-7-23)21-14(19)22-11(9)24/h8,12-13,25H,3-7H2,1-2H3,(H2,19,21,22)/t12-,13+,15+,16+/m0/s1. The maximum absolute atomic E-state index is 15.2. The molecule has 0 aliphatic carbocycles. The molecule has 0 aromatic carbocycles. The van der Waals surface area contributed by atoms with Gasteiger partial charge in [-0.1, -0.05) is 6.92 Å². The van der Waals surface area contributed by atoms with Crippen molar-refractivity contribution in [3.05, 3.63) is 6.33 Å². The average molecular weight is 368 g/mol. The lowest BCUT2D eigenvalue weighted by atomic mass is 9.96. The molecular formula is C16H22F2N6O2. The first-order valence-corrected chi connectivity index (χ1v) is 8.76. The maximum atomic E-state index is 15.2. The lowest BCUT2D eigenvalue weighted by Gasteiger charge is -2.24. The van der Waals surface area contributed by atoms with Crippen LogP contribution in [0.3, 0.4) is 0 Å². The van der Waals surface area contributed by atoms with Gasteiger partial charge in [0.15, 0.2) is 35.0 Å². The van der Waals surface area contributed by atoms with E-state index in [0.29, 0.717) is 11.3 Å². The molecule has 2 aliphatic heterocycles. The van der Waals surface area contributed by atoms with E-state index in [1.165, 1.54) is 17.8 Å². The molecule has 4 atom stereocenters. The van der Waals surface area contributed by atoms with Gasteiger partial charge < -0.3 is 20.5 Å². The van der Waals surface area contributed by atoms with Crippen LogP contribution < -0.4 is 10.6 Å². The average Bonchev–Trinajstić information content (AvgIpc) is 3.30. The van der Waals surface area contributed by atoms with Gasteiger partial charge in [-0.25, -0.2) is 13.8 Å². The van der Waals surface area contributed by atoms with E-state index in [-0.39, 0.29) is 18.0 Å². The van der Waals surface area contributed by atoms with Gasteiger partial charge in [0.05, 0.1) is 6.33 Å². The fourth-order valence-corrected chi connectivity index (χ4v) is 3.77. The number of nitrogens with zero attached hydrogens (tertiary/aromatic N) is 5. The Balaban J connectivity index is 1.83. The van der Waals surface area contributed by atoms with E-state index in [1.807, 2.05) is 4.90 Å². The summed E-state index contributed by atoms with van der Waals surface area (Å²) in [7, 11) is 0. The lowest BCUT2D eigenvalue weighted by Crippen LogP contribution is -2.43. The van der Waals surface area contributed by atoms with Gasteiger partial charge >= 0.3 is 0 Å². The topological polar surface area (TPSA) is 102 Å². The number of aliphatic hydroxyl groups excluding tert-OH is 1. The van der Waals surface area contributed by atoms with Crippen molar-refractivity contribution >= 4 is 22.9 Å². The van der Waals surface area contributed by atoms with Crippen LogP contribution in [-0.4, -0.2) is 55.3 Å². The Labute approximate surface area is 149 Å². The number of nitrogens with two attached hydrogens (primary N) is 1. The molecule has 8 nitrogen and oxygen atoms in total. The summed E-state index contributed by atoms with van der Waals surface area (Å²) in [5.41, 5.74) is 4.17. The number of aliphatic hydroxyl groups is 1. The number of hydrogen-bond donors (Lipinski definition) is 2. The molecule has 4 rings (SSSR count). The number of hydrogen-bond acceptors (Lipinski definition) is 7. The van der Waals surface area contributed by atoms with Crippen molar-refractivity contribution in [1.82, 2.24) is 19.5 Å². The van der Waals surface area contributed by atoms with Crippen molar-refractivity contribution in [2.24, 2.45) is 0 Å². The molecule has 4 heterocycles. The summed E-state index contributed by atoms with van der Waals surface area (Å²) in [4.78, 5) is 14.8. The van der Waals surface area contributed by atoms with Gasteiger partial charge in [-0.3, -0.25) is 4.57 Å². The Morgan fingerprint density at radius 1 is 1.35 bits per heavy atom. The molecule has 26 heavy (non-hydrogen) atoms. The minimum Gasteiger partial charge on any atom is -0.384 e. The van der Waals surface area contributed by atoms with Gasteiger partial charge in [0, 0.05) is 19.5 Å². The summed E-state index contributed by atoms with van der Waals surface area (Å²) in [6.07, 6.45) is -0.143. The van der Waals surface area contributed by atoms with Crippen LogP contribution in [0.2, 0.25) is 0 Å². The molecule has 10 heteroatoms. The molecule has 3 N–H and O–H groups in total. The summed E-state index contributed by atoms with van der Waals surface area (Å²) >= 11 is 0. The number of anilines is 2. The van der Waals surface area contributed by atoms with Crippen molar-refractivity contribution in [3.63, 3.8) is 0 Å². The monoisotopic (exact) mass is 368 g/mol. The fraction of sp³-hybridized carbons (Fsp3) is 0.688. The van der Waals surface area contributed by atoms with Crippen LogP contribution in [0.25, 0.3) is 11.2 Å². The van der Waals surface area contributed by atoms with Crippen molar-refractivity contribution in [3.8, 4) is 0 Å². The summed E-state index contributed by atoms with van der Waals surface area (Å²) in [6, 6.07) is 0. The van der Waals surface area contributed by atoms with Crippen LogP contribution in [0.5, 0.6) is 0 Å². The number of fused-ring (bicyclic) bond motifs is 1. The van der Waals surface area contributed by atoms with E-state index in [9.17, 15) is 9.50 Å². The molecule has 2 aromatic heterocycles. The Bertz CT molecular complexity index is 837. The molecular weight excluding hydrogens is 346 g/mol. The second-order valence-corrected chi connectivity index (χ2v) is 7.09. The van der Waals surface area contributed by atoms with Crippen LogP contribution >= 0.6 is 0 Å². The normalized spacial score (nSPS) is 34.9. The molecule has 0 radical (unpaired) electrons. The van der Waals surface area contributed by atoms with Gasteiger partial charge in [0.2, 0.25) is 11.8 Å². The highest BCUT2D eigenvalue weighted by Crippen LogP contribution is 2.49. The Morgan fingerprint density at radius 3 is 2.65 bits per heavy atom. The van der Waals surface area contributed by atoms with Crippen molar-refractivity contribution in [2.45, 2.75) is 57.0 Å². The van der Waals surface area contributed by atoms with Crippen LogP contribution in [0, 0.1) is 0 Å². The third-order valence-corrected chi connectivity index (χ3v) is 5.29. The third-order valence-electron chi connectivity index (χ3n) is 5.29. The molecule has 0 unspecified atom stereocenters. The number of halogens is 2. The van der Waals surface area contributed by atoms with E-state index in [0.717, 1.165) is 32.9 Å². The lowest BCUT2D eigenvalue weighted by molar-refractivity contribution is -0.187. The molecule has 2 fully saturated rings. The second-order valence-electron chi connectivity index (χ2n) is 7.09. The minimum atomic E-state index is -2.49. The number of ether oxygens (including phenoxy) is 1. The quantitative estimate of drug-likeness (QED) is 0.850.